The van der Waals surface area contributed by atoms with E-state index in [1.807, 2.05) is 30.3 Å². The number of aliphatic hydroxyl groups excluding tert-OH is 1. The lowest BCUT2D eigenvalue weighted by molar-refractivity contribution is 0.271. The van der Waals surface area contributed by atoms with Gasteiger partial charge >= 0.3 is 0 Å². The summed E-state index contributed by atoms with van der Waals surface area (Å²) >= 11 is 0. The molecule has 0 aliphatic heterocycles. The number of hydrogen-bond acceptors (Lipinski definition) is 6. The first-order valence-electron chi connectivity index (χ1n) is 6.85. The van der Waals surface area contributed by atoms with Gasteiger partial charge in [0.25, 0.3) is 0 Å². The summed E-state index contributed by atoms with van der Waals surface area (Å²) in [6.45, 7) is -0.277. The maximum absolute atomic E-state index is 12.5. The van der Waals surface area contributed by atoms with Gasteiger partial charge in [0.2, 0.25) is 20.9 Å². The Morgan fingerprint density at radius 1 is 1.26 bits per heavy atom. The Morgan fingerprint density at radius 3 is 2.65 bits per heavy atom. The Balaban J connectivity index is 1.87. The highest BCUT2D eigenvalue weighted by Crippen LogP contribution is 2.21. The summed E-state index contributed by atoms with van der Waals surface area (Å²) in [7, 11) is -2.14. The Morgan fingerprint density at radius 2 is 2.00 bits per heavy atom. The summed E-state index contributed by atoms with van der Waals surface area (Å²) in [6, 6.07) is 9.23. The number of rotatable bonds is 5. The fourth-order valence-corrected chi connectivity index (χ4v) is 3.61. The largest absolute Gasteiger partial charge is 0.444 e. The predicted molar refractivity (Wildman–Crippen MR) is 82.0 cm³/mol. The van der Waals surface area contributed by atoms with Crippen LogP contribution in [0.25, 0.3) is 11.5 Å². The molecule has 0 saturated carbocycles. The van der Waals surface area contributed by atoms with Gasteiger partial charge in [0.05, 0.1) is 24.2 Å². The quantitative estimate of drug-likeness (QED) is 0.760. The van der Waals surface area contributed by atoms with E-state index in [2.05, 4.69) is 9.97 Å². The van der Waals surface area contributed by atoms with E-state index in [1.165, 1.54) is 17.0 Å². The summed E-state index contributed by atoms with van der Waals surface area (Å²) in [5.74, 6) is 0.0469. The summed E-state index contributed by atoms with van der Waals surface area (Å²) in [5.41, 5.74) is 1.50. The molecule has 7 nitrogen and oxygen atoms in total. The molecule has 2 aromatic heterocycles. The molecule has 0 aliphatic rings. The van der Waals surface area contributed by atoms with Crippen molar-refractivity contribution < 1.29 is 17.9 Å². The van der Waals surface area contributed by atoms with E-state index in [0.29, 0.717) is 17.3 Å². The Bertz CT molecular complexity index is 913. The third-order valence-corrected chi connectivity index (χ3v) is 5.00. The topological polar surface area (TPSA) is 98.2 Å². The second-order valence-corrected chi connectivity index (χ2v) is 6.90. The first-order valence-corrected chi connectivity index (χ1v) is 8.50. The van der Waals surface area contributed by atoms with Gasteiger partial charge in [-0.25, -0.2) is 18.4 Å². The van der Waals surface area contributed by atoms with E-state index < -0.39 is 9.84 Å². The molecule has 0 fully saturated rings. The summed E-state index contributed by atoms with van der Waals surface area (Å²) < 4.78 is 31.6. The van der Waals surface area contributed by atoms with Crippen molar-refractivity contribution in [3.05, 3.63) is 54.2 Å². The van der Waals surface area contributed by atoms with Gasteiger partial charge in [0.1, 0.15) is 12.0 Å². The van der Waals surface area contributed by atoms with Crippen LogP contribution in [0.2, 0.25) is 0 Å². The first kappa shape index (κ1) is 15.4. The number of benzene rings is 1. The lowest BCUT2D eigenvalue weighted by Gasteiger charge is -2.04. The Kier molecular flexibility index (Phi) is 4.01. The second kappa shape index (κ2) is 5.98. The van der Waals surface area contributed by atoms with Crippen molar-refractivity contribution in [2.24, 2.45) is 7.05 Å². The average molecular weight is 333 g/mol. The fourth-order valence-electron chi connectivity index (χ4n) is 2.21. The lowest BCUT2D eigenvalue weighted by Crippen LogP contribution is -2.12. The molecule has 0 unspecified atom stereocenters. The predicted octanol–water partition coefficient (Wildman–Crippen LogP) is 1.54. The van der Waals surface area contributed by atoms with Crippen molar-refractivity contribution in [3.8, 4) is 11.5 Å². The van der Waals surface area contributed by atoms with Crippen LogP contribution in [-0.2, 0) is 29.2 Å². The lowest BCUT2D eigenvalue weighted by atomic mass is 10.2. The minimum atomic E-state index is -3.68. The van der Waals surface area contributed by atoms with Gasteiger partial charge < -0.3 is 14.1 Å². The number of aromatic nitrogens is 3. The van der Waals surface area contributed by atoms with E-state index in [1.54, 1.807) is 7.05 Å². The van der Waals surface area contributed by atoms with Crippen molar-refractivity contribution in [2.75, 3.05) is 0 Å². The Labute approximate surface area is 133 Å². The van der Waals surface area contributed by atoms with Crippen molar-refractivity contribution in [1.82, 2.24) is 14.5 Å². The third-order valence-electron chi connectivity index (χ3n) is 3.39. The smallest absolute Gasteiger partial charge is 0.228 e. The van der Waals surface area contributed by atoms with Crippen LogP contribution in [0.3, 0.4) is 0 Å². The van der Waals surface area contributed by atoms with Gasteiger partial charge in [-0.1, -0.05) is 18.2 Å². The maximum atomic E-state index is 12.5. The van der Waals surface area contributed by atoms with Gasteiger partial charge in [0.15, 0.2) is 0 Å². The summed E-state index contributed by atoms with van der Waals surface area (Å²) in [6.07, 6.45) is 2.67. The van der Waals surface area contributed by atoms with Crippen molar-refractivity contribution in [1.29, 1.82) is 0 Å². The Hall–Kier alpha value is -2.45. The van der Waals surface area contributed by atoms with Gasteiger partial charge in [0, 0.05) is 12.6 Å². The molecule has 0 aliphatic carbocycles. The molecule has 0 saturated heterocycles. The van der Waals surface area contributed by atoms with Gasteiger partial charge in [-0.2, -0.15) is 0 Å². The zero-order valence-electron chi connectivity index (χ0n) is 12.4. The van der Waals surface area contributed by atoms with Crippen molar-refractivity contribution in [3.63, 3.8) is 0 Å². The molecular weight excluding hydrogens is 318 g/mol. The van der Waals surface area contributed by atoms with E-state index >= 15 is 0 Å². The van der Waals surface area contributed by atoms with Crippen LogP contribution < -0.4 is 0 Å². The molecule has 3 aromatic rings. The van der Waals surface area contributed by atoms with Gasteiger partial charge in [-0.3, -0.25) is 0 Å². The SMILES string of the molecule is Cn1c(CO)cnc1S(=O)(=O)Cc1coc(-c2ccccc2)n1. The number of oxazole rings is 1. The number of imidazole rings is 1. The molecule has 0 atom stereocenters. The molecule has 8 heteroatoms. The van der Waals surface area contributed by atoms with E-state index in [0.717, 1.165) is 5.56 Å². The van der Waals surface area contributed by atoms with Gasteiger partial charge in [-0.05, 0) is 12.1 Å². The number of aliphatic hydroxyl groups is 1. The summed E-state index contributed by atoms with van der Waals surface area (Å²) in [4.78, 5) is 8.09. The molecule has 2 heterocycles. The number of nitrogens with zero attached hydrogens (tertiary/aromatic N) is 3. The van der Waals surface area contributed by atoms with Crippen LogP contribution in [0.5, 0.6) is 0 Å². The van der Waals surface area contributed by atoms with Crippen LogP contribution >= 0.6 is 0 Å². The molecular formula is C15H15N3O4S. The molecule has 3 rings (SSSR count). The van der Waals surface area contributed by atoms with Crippen LogP contribution in [0.15, 0.2) is 52.4 Å². The van der Waals surface area contributed by atoms with E-state index in [-0.39, 0.29) is 17.5 Å². The molecule has 23 heavy (non-hydrogen) atoms. The number of sulfone groups is 1. The molecule has 0 radical (unpaired) electrons. The second-order valence-electron chi connectivity index (χ2n) is 5.02. The fraction of sp³-hybridized carbons (Fsp3) is 0.200. The third kappa shape index (κ3) is 3.03. The van der Waals surface area contributed by atoms with Crippen LogP contribution in [-0.4, -0.2) is 28.1 Å². The highest BCUT2D eigenvalue weighted by molar-refractivity contribution is 7.90. The zero-order chi connectivity index (χ0) is 16.4. The van der Waals surface area contributed by atoms with Crippen molar-refractivity contribution in [2.45, 2.75) is 17.5 Å². The van der Waals surface area contributed by atoms with Crippen LogP contribution in [0.4, 0.5) is 0 Å². The molecule has 0 amide bonds. The van der Waals surface area contributed by atoms with E-state index in [9.17, 15) is 8.42 Å². The van der Waals surface area contributed by atoms with Gasteiger partial charge in [-0.15, -0.1) is 0 Å². The van der Waals surface area contributed by atoms with E-state index in [4.69, 9.17) is 9.52 Å². The normalized spacial score (nSPS) is 11.7. The molecule has 0 bridgehead atoms. The standard InChI is InChI=1S/C15H15N3O4S/c1-18-13(8-19)7-16-15(18)23(20,21)10-12-9-22-14(17-12)11-5-3-2-4-6-11/h2-7,9,19H,8,10H2,1H3. The van der Waals surface area contributed by atoms with Crippen molar-refractivity contribution >= 4 is 9.84 Å². The molecule has 1 N–H and O–H groups in total. The highest BCUT2D eigenvalue weighted by atomic mass is 32.2. The maximum Gasteiger partial charge on any atom is 0.228 e. The highest BCUT2D eigenvalue weighted by Gasteiger charge is 2.24. The monoisotopic (exact) mass is 333 g/mol. The minimum absolute atomic E-state index is 0.106. The minimum Gasteiger partial charge on any atom is -0.444 e. The zero-order valence-corrected chi connectivity index (χ0v) is 13.2. The first-order chi connectivity index (χ1) is 11.0. The molecule has 120 valence electrons. The molecule has 1 aromatic carbocycles. The summed E-state index contributed by atoms with van der Waals surface area (Å²) in [5, 5.41) is 9.03. The average Bonchev–Trinajstić information content (AvgIpc) is 3.14. The number of hydrogen-bond donors (Lipinski definition) is 1. The van der Waals surface area contributed by atoms with Crippen LogP contribution in [0.1, 0.15) is 11.4 Å². The molecule has 0 spiro atoms. The van der Waals surface area contributed by atoms with Crippen LogP contribution in [0, 0.1) is 0 Å².